The number of aromatic amines is 1. The molecule has 0 aromatic carbocycles. The summed E-state index contributed by atoms with van der Waals surface area (Å²) in [5, 5.41) is 0. The van der Waals surface area contributed by atoms with Crippen LogP contribution in [0.5, 0.6) is 0 Å². The SMILES string of the molecule is CC.CC.CN1CCc2nc[nH]c2C1. The molecule has 0 aliphatic carbocycles. The maximum Gasteiger partial charge on any atom is 0.0925 e. The zero-order valence-electron chi connectivity index (χ0n) is 10.1. The molecule has 0 amide bonds. The van der Waals surface area contributed by atoms with Crippen LogP contribution in [0.2, 0.25) is 0 Å². The van der Waals surface area contributed by atoms with Gasteiger partial charge in [0.15, 0.2) is 0 Å². The van der Waals surface area contributed by atoms with Crippen LogP contribution in [0.1, 0.15) is 39.1 Å². The molecular weight excluding hydrogens is 174 g/mol. The second-order valence-electron chi connectivity index (χ2n) is 2.82. The van der Waals surface area contributed by atoms with Crippen molar-refractivity contribution in [3.63, 3.8) is 0 Å². The van der Waals surface area contributed by atoms with Crippen LogP contribution in [0, 0.1) is 0 Å². The molecule has 0 spiro atoms. The number of rotatable bonds is 0. The smallest absolute Gasteiger partial charge is 0.0925 e. The Labute approximate surface area is 87.5 Å². The Morgan fingerprint density at radius 1 is 1.29 bits per heavy atom. The van der Waals surface area contributed by atoms with Crippen LogP contribution in [-0.4, -0.2) is 28.5 Å². The lowest BCUT2D eigenvalue weighted by Crippen LogP contribution is -2.26. The van der Waals surface area contributed by atoms with Crippen LogP contribution in [0.4, 0.5) is 0 Å². The number of nitrogens with one attached hydrogen (secondary N) is 1. The maximum absolute atomic E-state index is 4.21. The largest absolute Gasteiger partial charge is 0.347 e. The van der Waals surface area contributed by atoms with Crippen LogP contribution in [0.3, 0.4) is 0 Å². The van der Waals surface area contributed by atoms with Gasteiger partial charge >= 0.3 is 0 Å². The van der Waals surface area contributed by atoms with Crippen molar-refractivity contribution in [2.45, 2.75) is 40.7 Å². The van der Waals surface area contributed by atoms with Gasteiger partial charge in [0.1, 0.15) is 0 Å². The number of likely N-dealkylation sites (N-methyl/N-ethyl adjacent to an activating group) is 1. The van der Waals surface area contributed by atoms with Crippen molar-refractivity contribution in [3.8, 4) is 0 Å². The number of fused-ring (bicyclic) bond motifs is 1. The monoisotopic (exact) mass is 197 g/mol. The van der Waals surface area contributed by atoms with Gasteiger partial charge in [0.25, 0.3) is 0 Å². The highest BCUT2D eigenvalue weighted by Crippen LogP contribution is 2.12. The molecule has 2 rings (SSSR count). The number of nitrogens with zero attached hydrogens (tertiary/aromatic N) is 2. The summed E-state index contributed by atoms with van der Waals surface area (Å²) in [5.74, 6) is 0. The molecule has 1 N–H and O–H groups in total. The molecule has 3 heteroatoms. The zero-order chi connectivity index (χ0) is 11.0. The highest BCUT2D eigenvalue weighted by atomic mass is 15.1. The number of imidazole rings is 1. The van der Waals surface area contributed by atoms with E-state index in [0.717, 1.165) is 19.5 Å². The quantitative estimate of drug-likeness (QED) is 0.693. The molecular formula is C11H23N3. The Morgan fingerprint density at radius 3 is 2.57 bits per heavy atom. The summed E-state index contributed by atoms with van der Waals surface area (Å²) in [6.07, 6.45) is 2.87. The molecule has 2 heterocycles. The first-order valence-electron chi connectivity index (χ1n) is 5.56. The van der Waals surface area contributed by atoms with Gasteiger partial charge in [-0.3, -0.25) is 0 Å². The predicted molar refractivity (Wildman–Crippen MR) is 61.3 cm³/mol. The highest BCUT2D eigenvalue weighted by Gasteiger charge is 2.13. The fraction of sp³-hybridized carbons (Fsp3) is 0.727. The summed E-state index contributed by atoms with van der Waals surface area (Å²) in [7, 11) is 2.13. The van der Waals surface area contributed by atoms with E-state index >= 15 is 0 Å². The minimum atomic E-state index is 1.02. The van der Waals surface area contributed by atoms with Crippen molar-refractivity contribution in [2.75, 3.05) is 13.6 Å². The highest BCUT2D eigenvalue weighted by molar-refractivity contribution is 5.13. The van der Waals surface area contributed by atoms with E-state index in [1.54, 1.807) is 6.33 Å². The average Bonchev–Trinajstić information content (AvgIpc) is 2.71. The van der Waals surface area contributed by atoms with Crippen molar-refractivity contribution >= 4 is 0 Å². The Kier molecular flexibility index (Phi) is 7.11. The van der Waals surface area contributed by atoms with Gasteiger partial charge in [0, 0.05) is 19.5 Å². The third kappa shape index (κ3) is 3.50. The second-order valence-corrected chi connectivity index (χ2v) is 2.82. The molecule has 1 aliphatic rings. The first-order valence-corrected chi connectivity index (χ1v) is 5.56. The zero-order valence-corrected chi connectivity index (χ0v) is 10.1. The third-order valence-electron chi connectivity index (χ3n) is 1.97. The van der Waals surface area contributed by atoms with E-state index in [-0.39, 0.29) is 0 Å². The van der Waals surface area contributed by atoms with Crippen LogP contribution in [0.25, 0.3) is 0 Å². The van der Waals surface area contributed by atoms with Crippen molar-refractivity contribution in [1.82, 2.24) is 14.9 Å². The van der Waals surface area contributed by atoms with E-state index in [2.05, 4.69) is 21.9 Å². The molecule has 0 atom stereocenters. The summed E-state index contributed by atoms with van der Waals surface area (Å²) in [6.45, 7) is 10.2. The molecule has 0 bridgehead atoms. The van der Waals surface area contributed by atoms with E-state index in [9.17, 15) is 0 Å². The standard InChI is InChI=1S/C7H11N3.2C2H6/c1-10-3-2-6-7(4-10)9-5-8-6;2*1-2/h5H,2-4H2,1H3,(H,8,9);2*1-2H3. The van der Waals surface area contributed by atoms with Gasteiger partial charge in [-0.2, -0.15) is 0 Å². The molecule has 0 radical (unpaired) electrons. The van der Waals surface area contributed by atoms with Crippen molar-refractivity contribution in [2.24, 2.45) is 0 Å². The molecule has 14 heavy (non-hydrogen) atoms. The molecule has 1 aromatic rings. The van der Waals surface area contributed by atoms with E-state index < -0.39 is 0 Å². The van der Waals surface area contributed by atoms with Crippen LogP contribution >= 0.6 is 0 Å². The van der Waals surface area contributed by atoms with Gasteiger partial charge < -0.3 is 9.88 Å². The summed E-state index contributed by atoms with van der Waals surface area (Å²) >= 11 is 0. The minimum absolute atomic E-state index is 1.02. The van der Waals surface area contributed by atoms with E-state index in [1.807, 2.05) is 27.7 Å². The number of H-pyrrole nitrogens is 1. The number of hydrogen-bond donors (Lipinski definition) is 1. The van der Waals surface area contributed by atoms with Crippen molar-refractivity contribution < 1.29 is 0 Å². The molecule has 82 valence electrons. The van der Waals surface area contributed by atoms with Gasteiger partial charge in [-0.1, -0.05) is 27.7 Å². The summed E-state index contributed by atoms with van der Waals surface area (Å²) in [6, 6.07) is 0. The Hall–Kier alpha value is -0.830. The van der Waals surface area contributed by atoms with Crippen LogP contribution in [-0.2, 0) is 13.0 Å². The third-order valence-corrected chi connectivity index (χ3v) is 1.97. The molecule has 0 saturated carbocycles. The number of hydrogen-bond acceptors (Lipinski definition) is 2. The van der Waals surface area contributed by atoms with Gasteiger partial charge in [0.2, 0.25) is 0 Å². The Balaban J connectivity index is 0.000000379. The second kappa shape index (κ2) is 7.56. The Morgan fingerprint density at radius 2 is 1.93 bits per heavy atom. The summed E-state index contributed by atoms with van der Waals surface area (Å²) in [4.78, 5) is 9.64. The molecule has 0 fully saturated rings. The summed E-state index contributed by atoms with van der Waals surface area (Å²) < 4.78 is 0. The van der Waals surface area contributed by atoms with Crippen molar-refractivity contribution in [1.29, 1.82) is 0 Å². The maximum atomic E-state index is 4.21. The van der Waals surface area contributed by atoms with E-state index in [1.165, 1.54) is 11.4 Å². The first-order chi connectivity index (χ1) is 6.86. The lowest BCUT2D eigenvalue weighted by atomic mass is 10.2. The topological polar surface area (TPSA) is 31.9 Å². The van der Waals surface area contributed by atoms with Gasteiger partial charge in [-0.15, -0.1) is 0 Å². The molecule has 1 aliphatic heterocycles. The number of aromatic nitrogens is 2. The molecule has 3 nitrogen and oxygen atoms in total. The fourth-order valence-corrected chi connectivity index (χ4v) is 1.35. The normalized spacial score (nSPS) is 14.4. The Bertz CT molecular complexity index is 230. The summed E-state index contributed by atoms with van der Waals surface area (Å²) in [5.41, 5.74) is 2.53. The van der Waals surface area contributed by atoms with Crippen molar-refractivity contribution in [3.05, 3.63) is 17.7 Å². The predicted octanol–water partition coefficient (Wildman–Crippen LogP) is 2.45. The molecule has 0 unspecified atom stereocenters. The molecule has 0 saturated heterocycles. The van der Waals surface area contributed by atoms with Crippen LogP contribution < -0.4 is 0 Å². The van der Waals surface area contributed by atoms with Crippen LogP contribution in [0.15, 0.2) is 6.33 Å². The lowest BCUT2D eigenvalue weighted by Gasteiger charge is -2.20. The van der Waals surface area contributed by atoms with E-state index in [0.29, 0.717) is 0 Å². The lowest BCUT2D eigenvalue weighted by molar-refractivity contribution is 0.307. The van der Waals surface area contributed by atoms with Gasteiger partial charge in [-0.05, 0) is 7.05 Å². The van der Waals surface area contributed by atoms with E-state index in [4.69, 9.17) is 0 Å². The van der Waals surface area contributed by atoms with Gasteiger partial charge in [-0.25, -0.2) is 4.98 Å². The fourth-order valence-electron chi connectivity index (χ4n) is 1.35. The van der Waals surface area contributed by atoms with Gasteiger partial charge in [0.05, 0.1) is 17.7 Å². The minimum Gasteiger partial charge on any atom is -0.347 e. The average molecular weight is 197 g/mol. The molecule has 1 aromatic heterocycles. The first kappa shape index (κ1) is 13.2.